The first-order valence-corrected chi connectivity index (χ1v) is 9.04. The number of rotatable bonds is 9. The highest BCUT2D eigenvalue weighted by molar-refractivity contribution is 5.87. The van der Waals surface area contributed by atoms with Gasteiger partial charge in [0.25, 0.3) is 0 Å². The van der Waals surface area contributed by atoms with Gasteiger partial charge in [-0.2, -0.15) is 5.10 Å². The number of aryl methyl sites for hydroxylation is 1. The number of amides is 1. The lowest BCUT2D eigenvalue weighted by Crippen LogP contribution is -2.43. The quantitative estimate of drug-likeness (QED) is 0.585. The molecule has 0 saturated carbocycles. The molecule has 3 aromatic rings. The summed E-state index contributed by atoms with van der Waals surface area (Å²) in [6, 6.07) is 14.8. The van der Waals surface area contributed by atoms with E-state index in [1.165, 1.54) is 0 Å². The molecule has 0 aliphatic heterocycles. The molecule has 1 aromatic carbocycles. The fourth-order valence-corrected chi connectivity index (χ4v) is 3.01. The summed E-state index contributed by atoms with van der Waals surface area (Å²) in [5, 5.41) is 7.48. The topological polar surface area (TPSA) is 103 Å². The average Bonchev–Trinajstić information content (AvgIpc) is 3.07. The molecule has 0 saturated heterocycles. The van der Waals surface area contributed by atoms with Crippen LogP contribution in [0.25, 0.3) is 11.3 Å². The third-order valence-corrected chi connectivity index (χ3v) is 4.50. The number of Topliss-reactive ketones (excluding diaryl/α,β-unsaturated/α-hetero) is 1. The highest BCUT2D eigenvalue weighted by atomic mass is 16.1. The molecule has 0 radical (unpaired) electrons. The Morgan fingerprint density at radius 1 is 1.14 bits per heavy atom. The van der Waals surface area contributed by atoms with Crippen molar-refractivity contribution in [3.05, 3.63) is 72.2 Å². The largest absolute Gasteiger partial charge is 0.369 e. The maximum atomic E-state index is 13.0. The first-order valence-electron chi connectivity index (χ1n) is 9.04. The number of nitrogens with one attached hydrogen (secondary N) is 1. The van der Waals surface area contributed by atoms with Crippen molar-refractivity contribution in [3.63, 3.8) is 0 Å². The predicted octanol–water partition coefficient (Wildman–Crippen LogP) is 1.28. The van der Waals surface area contributed by atoms with Crippen LogP contribution < -0.4 is 11.1 Å². The number of primary amides is 1. The number of nitrogens with zero attached hydrogens (tertiary/aromatic N) is 3. The van der Waals surface area contributed by atoms with Gasteiger partial charge in [-0.3, -0.25) is 24.6 Å². The van der Waals surface area contributed by atoms with Gasteiger partial charge in [-0.25, -0.2) is 0 Å². The molecule has 2 heterocycles. The molecule has 144 valence electrons. The van der Waals surface area contributed by atoms with E-state index in [1.807, 2.05) is 55.6 Å². The summed E-state index contributed by atoms with van der Waals surface area (Å²) >= 11 is 0. The van der Waals surface area contributed by atoms with Crippen molar-refractivity contribution in [2.45, 2.75) is 18.9 Å². The lowest BCUT2D eigenvalue weighted by molar-refractivity contribution is -0.121. The fraction of sp³-hybridized carbons (Fsp3) is 0.238. The molecular weight excluding hydrogens is 354 g/mol. The summed E-state index contributed by atoms with van der Waals surface area (Å²) in [5.41, 5.74) is 8.79. The van der Waals surface area contributed by atoms with Gasteiger partial charge in [-0.15, -0.1) is 0 Å². The Hall–Kier alpha value is -3.32. The Morgan fingerprint density at radius 2 is 1.86 bits per heavy atom. The van der Waals surface area contributed by atoms with Gasteiger partial charge in [0.15, 0.2) is 5.78 Å². The van der Waals surface area contributed by atoms with E-state index < -0.39 is 11.9 Å². The Kier molecular flexibility index (Phi) is 6.29. The molecule has 0 spiro atoms. The van der Waals surface area contributed by atoms with Gasteiger partial charge in [0, 0.05) is 30.7 Å². The number of benzene rings is 1. The minimum Gasteiger partial charge on any atom is -0.369 e. The Bertz CT molecular complexity index is 938. The second-order valence-corrected chi connectivity index (χ2v) is 6.61. The number of carbonyl (C=O) groups is 2. The monoisotopic (exact) mass is 377 g/mol. The van der Waals surface area contributed by atoms with E-state index in [2.05, 4.69) is 15.4 Å². The highest BCUT2D eigenvalue weighted by Crippen LogP contribution is 2.18. The van der Waals surface area contributed by atoms with E-state index in [0.717, 1.165) is 22.5 Å². The van der Waals surface area contributed by atoms with Gasteiger partial charge in [0.1, 0.15) is 0 Å². The molecule has 1 amide bonds. The number of hydrogen-bond acceptors (Lipinski definition) is 5. The molecule has 0 aliphatic rings. The zero-order valence-corrected chi connectivity index (χ0v) is 15.7. The molecule has 0 unspecified atom stereocenters. The molecule has 0 bridgehead atoms. The van der Waals surface area contributed by atoms with Crippen molar-refractivity contribution >= 4 is 11.7 Å². The van der Waals surface area contributed by atoms with Crippen molar-refractivity contribution < 1.29 is 9.59 Å². The van der Waals surface area contributed by atoms with Crippen molar-refractivity contribution in [1.82, 2.24) is 20.1 Å². The van der Waals surface area contributed by atoms with Crippen LogP contribution in [0, 0.1) is 0 Å². The number of aromatic nitrogens is 3. The molecule has 0 fully saturated rings. The maximum Gasteiger partial charge on any atom is 0.231 e. The number of pyridine rings is 1. The van der Waals surface area contributed by atoms with Crippen molar-refractivity contribution in [2.75, 3.05) is 6.54 Å². The van der Waals surface area contributed by atoms with E-state index in [4.69, 9.17) is 5.73 Å². The van der Waals surface area contributed by atoms with Crippen LogP contribution in [0.1, 0.15) is 11.3 Å². The molecule has 28 heavy (non-hydrogen) atoms. The number of hydrogen-bond donors (Lipinski definition) is 2. The van der Waals surface area contributed by atoms with Gasteiger partial charge in [0.2, 0.25) is 5.91 Å². The summed E-state index contributed by atoms with van der Waals surface area (Å²) in [6.07, 6.45) is 4.11. The van der Waals surface area contributed by atoms with E-state index in [9.17, 15) is 9.59 Å². The minimum atomic E-state index is -0.505. The zero-order valence-electron chi connectivity index (χ0n) is 15.7. The SMILES string of the molecule is Cn1nc(-c2ccncc2)cc1CC(=O)[C@H](Cc1ccccc1)NCC(N)=O. The standard InChI is InChI=1S/C21H23N5O2/c1-26-17(12-18(25-26)16-7-9-23-10-8-16)13-20(27)19(24-14-21(22)28)11-15-5-3-2-4-6-15/h2-10,12,19,24H,11,13-14H2,1H3,(H2,22,28)/t19-/m0/s1. The summed E-state index contributed by atoms with van der Waals surface area (Å²) in [6.45, 7) is -0.0447. The predicted molar refractivity (Wildman–Crippen MR) is 106 cm³/mol. The van der Waals surface area contributed by atoms with Crippen LogP contribution in [0.15, 0.2) is 60.9 Å². The van der Waals surface area contributed by atoms with Gasteiger partial charge in [-0.05, 0) is 30.2 Å². The zero-order chi connectivity index (χ0) is 19.9. The molecule has 2 aromatic heterocycles. The molecule has 1 atom stereocenters. The Balaban J connectivity index is 1.75. The average molecular weight is 377 g/mol. The third-order valence-electron chi connectivity index (χ3n) is 4.50. The van der Waals surface area contributed by atoms with Gasteiger partial charge < -0.3 is 5.73 Å². The smallest absolute Gasteiger partial charge is 0.231 e. The van der Waals surface area contributed by atoms with Gasteiger partial charge in [0.05, 0.1) is 24.7 Å². The van der Waals surface area contributed by atoms with Gasteiger partial charge >= 0.3 is 0 Å². The third kappa shape index (κ3) is 5.11. The number of nitrogens with two attached hydrogens (primary N) is 1. The molecule has 3 rings (SSSR count). The van der Waals surface area contributed by atoms with Crippen LogP contribution in [0.4, 0.5) is 0 Å². The normalized spacial score (nSPS) is 11.9. The summed E-state index contributed by atoms with van der Waals surface area (Å²) in [4.78, 5) is 28.2. The van der Waals surface area contributed by atoms with E-state index >= 15 is 0 Å². The van der Waals surface area contributed by atoms with E-state index in [1.54, 1.807) is 17.1 Å². The summed E-state index contributed by atoms with van der Waals surface area (Å²) < 4.78 is 1.71. The second-order valence-electron chi connectivity index (χ2n) is 6.61. The molecule has 0 aliphatic carbocycles. The van der Waals surface area contributed by atoms with Gasteiger partial charge in [-0.1, -0.05) is 30.3 Å². The van der Waals surface area contributed by atoms with E-state index in [0.29, 0.717) is 6.42 Å². The van der Waals surface area contributed by atoms with Crippen LogP contribution in [0.5, 0.6) is 0 Å². The molecule has 7 nitrogen and oxygen atoms in total. The Labute approximate surface area is 163 Å². The van der Waals surface area contributed by atoms with Crippen LogP contribution in [-0.4, -0.2) is 39.0 Å². The maximum absolute atomic E-state index is 13.0. The first kappa shape index (κ1) is 19.4. The summed E-state index contributed by atoms with van der Waals surface area (Å²) in [7, 11) is 1.82. The van der Waals surface area contributed by atoms with Crippen LogP contribution in [-0.2, 0) is 29.5 Å². The lowest BCUT2D eigenvalue weighted by atomic mass is 9.99. The van der Waals surface area contributed by atoms with E-state index in [-0.39, 0.29) is 18.7 Å². The fourth-order valence-electron chi connectivity index (χ4n) is 3.01. The van der Waals surface area contributed by atoms with Crippen LogP contribution in [0.2, 0.25) is 0 Å². The highest BCUT2D eigenvalue weighted by Gasteiger charge is 2.21. The van der Waals surface area contributed by atoms with Crippen LogP contribution in [0.3, 0.4) is 0 Å². The number of carbonyl (C=O) groups excluding carboxylic acids is 2. The van der Waals surface area contributed by atoms with Crippen molar-refractivity contribution in [1.29, 1.82) is 0 Å². The number of ketones is 1. The first-order chi connectivity index (χ1) is 13.5. The minimum absolute atomic E-state index is 0.0191. The molecule has 7 heteroatoms. The van der Waals surface area contributed by atoms with Crippen LogP contribution >= 0.6 is 0 Å². The Morgan fingerprint density at radius 3 is 2.54 bits per heavy atom. The van der Waals surface area contributed by atoms with Crippen molar-refractivity contribution in [3.8, 4) is 11.3 Å². The summed E-state index contributed by atoms with van der Waals surface area (Å²) in [5.74, 6) is -0.513. The molecule has 3 N–H and O–H groups in total. The van der Waals surface area contributed by atoms with Crippen molar-refractivity contribution in [2.24, 2.45) is 12.8 Å². The molecular formula is C21H23N5O2. The lowest BCUT2D eigenvalue weighted by Gasteiger charge is -2.17. The second kappa shape index (κ2) is 9.05.